The average molecular weight is 332 g/mol. The summed E-state index contributed by atoms with van der Waals surface area (Å²) in [5.41, 5.74) is 1.59. The summed E-state index contributed by atoms with van der Waals surface area (Å²) in [7, 11) is 0. The molecule has 4 aliphatic carbocycles. The highest BCUT2D eigenvalue weighted by atomic mass is 16.2. The Morgan fingerprint density at radius 1 is 1.00 bits per heavy atom. The monoisotopic (exact) mass is 332 g/mol. The zero-order chi connectivity index (χ0) is 17.3. The van der Waals surface area contributed by atoms with Gasteiger partial charge in [0, 0.05) is 25.1 Å². The topological polar surface area (TPSA) is 58.2 Å². The SMILES string of the molecule is C/C(=C/C(=O)NCCNC(=O)C(C)C)C12CC3CC(CC(C3)C1)C2. The minimum absolute atomic E-state index is 0.0120. The molecule has 0 saturated heterocycles. The van der Waals surface area contributed by atoms with Crippen molar-refractivity contribution in [3.63, 3.8) is 0 Å². The molecule has 0 atom stereocenters. The number of amides is 2. The summed E-state index contributed by atoms with van der Waals surface area (Å²) in [5.74, 6) is 2.70. The molecule has 2 amide bonds. The maximum atomic E-state index is 12.2. The molecular weight excluding hydrogens is 300 g/mol. The minimum Gasteiger partial charge on any atom is -0.354 e. The molecule has 0 aromatic rings. The van der Waals surface area contributed by atoms with Gasteiger partial charge in [0.15, 0.2) is 0 Å². The Morgan fingerprint density at radius 2 is 1.50 bits per heavy atom. The van der Waals surface area contributed by atoms with Crippen molar-refractivity contribution in [3.05, 3.63) is 11.6 Å². The van der Waals surface area contributed by atoms with Gasteiger partial charge in [-0.1, -0.05) is 19.4 Å². The average Bonchev–Trinajstić information content (AvgIpc) is 2.49. The van der Waals surface area contributed by atoms with Gasteiger partial charge in [-0.15, -0.1) is 0 Å². The van der Waals surface area contributed by atoms with Crippen LogP contribution in [-0.4, -0.2) is 24.9 Å². The second-order valence-corrected chi connectivity index (χ2v) is 8.76. The summed E-state index contributed by atoms with van der Waals surface area (Å²) in [6.45, 7) is 6.87. The van der Waals surface area contributed by atoms with E-state index in [1.54, 1.807) is 0 Å². The van der Waals surface area contributed by atoms with E-state index in [-0.39, 0.29) is 17.7 Å². The first kappa shape index (κ1) is 17.5. The highest BCUT2D eigenvalue weighted by Crippen LogP contribution is 2.62. The maximum Gasteiger partial charge on any atom is 0.244 e. The zero-order valence-electron chi connectivity index (χ0n) is 15.4. The normalized spacial score (nSPS) is 34.5. The summed E-state index contributed by atoms with van der Waals surface area (Å²) in [6.07, 6.45) is 9.98. The molecule has 0 heterocycles. The highest BCUT2D eigenvalue weighted by molar-refractivity contribution is 5.88. The molecule has 4 saturated carbocycles. The van der Waals surface area contributed by atoms with E-state index in [9.17, 15) is 9.59 Å². The Bertz CT molecular complexity index is 500. The van der Waals surface area contributed by atoms with Crippen molar-refractivity contribution >= 4 is 11.8 Å². The highest BCUT2D eigenvalue weighted by Gasteiger charge is 2.51. The number of carbonyl (C=O) groups is 2. The van der Waals surface area contributed by atoms with Crippen LogP contribution in [0.4, 0.5) is 0 Å². The predicted octanol–water partition coefficient (Wildman–Crippen LogP) is 3.04. The van der Waals surface area contributed by atoms with Crippen molar-refractivity contribution in [1.82, 2.24) is 10.6 Å². The van der Waals surface area contributed by atoms with Crippen LogP contribution < -0.4 is 10.6 Å². The fourth-order valence-corrected chi connectivity index (χ4v) is 5.57. The first-order chi connectivity index (χ1) is 11.4. The molecule has 0 spiro atoms. The fourth-order valence-electron chi connectivity index (χ4n) is 5.57. The third-order valence-electron chi connectivity index (χ3n) is 6.47. The quantitative estimate of drug-likeness (QED) is 0.580. The largest absolute Gasteiger partial charge is 0.354 e. The van der Waals surface area contributed by atoms with Crippen LogP contribution >= 0.6 is 0 Å². The van der Waals surface area contributed by atoms with Crippen molar-refractivity contribution in [1.29, 1.82) is 0 Å². The first-order valence-electron chi connectivity index (χ1n) is 9.62. The number of allylic oxidation sites excluding steroid dienone is 1. The summed E-state index contributed by atoms with van der Waals surface area (Å²) in [6, 6.07) is 0. The molecule has 0 aromatic heterocycles. The van der Waals surface area contributed by atoms with Crippen LogP contribution in [-0.2, 0) is 9.59 Å². The molecule has 4 fully saturated rings. The molecule has 2 N–H and O–H groups in total. The molecule has 134 valence electrons. The Hall–Kier alpha value is -1.32. The van der Waals surface area contributed by atoms with Crippen LogP contribution in [0.3, 0.4) is 0 Å². The van der Waals surface area contributed by atoms with Crippen molar-refractivity contribution in [2.24, 2.45) is 29.1 Å². The van der Waals surface area contributed by atoms with Crippen LogP contribution in [0.15, 0.2) is 11.6 Å². The van der Waals surface area contributed by atoms with Gasteiger partial charge < -0.3 is 10.6 Å². The Labute approximate surface area is 145 Å². The van der Waals surface area contributed by atoms with Gasteiger partial charge in [-0.2, -0.15) is 0 Å². The first-order valence-corrected chi connectivity index (χ1v) is 9.62. The summed E-state index contributed by atoms with van der Waals surface area (Å²) in [5, 5.41) is 5.73. The van der Waals surface area contributed by atoms with Crippen LogP contribution in [0.1, 0.15) is 59.3 Å². The Balaban J connectivity index is 1.50. The van der Waals surface area contributed by atoms with Gasteiger partial charge in [-0.25, -0.2) is 0 Å². The standard InChI is InChI=1S/C20H32N2O2/c1-13(2)19(24)22-5-4-21-18(23)6-14(3)20-10-15-7-16(11-20)9-17(8-15)12-20/h6,13,15-17H,4-5,7-12H2,1-3H3,(H,21,23)(H,22,24)/b14-6-. The van der Waals surface area contributed by atoms with E-state index in [2.05, 4.69) is 17.6 Å². The third-order valence-corrected chi connectivity index (χ3v) is 6.47. The second kappa shape index (κ2) is 6.89. The number of hydrogen-bond donors (Lipinski definition) is 2. The summed E-state index contributed by atoms with van der Waals surface area (Å²) < 4.78 is 0. The minimum atomic E-state index is -0.0149. The third kappa shape index (κ3) is 3.68. The zero-order valence-corrected chi connectivity index (χ0v) is 15.4. The van der Waals surface area contributed by atoms with Crippen LogP contribution in [0.5, 0.6) is 0 Å². The number of hydrogen-bond acceptors (Lipinski definition) is 2. The van der Waals surface area contributed by atoms with Crippen molar-refractivity contribution in [3.8, 4) is 0 Å². The molecule has 4 heteroatoms. The van der Waals surface area contributed by atoms with Gasteiger partial charge in [-0.3, -0.25) is 9.59 Å². The van der Waals surface area contributed by atoms with Gasteiger partial charge in [0.1, 0.15) is 0 Å². The predicted molar refractivity (Wildman–Crippen MR) is 95.2 cm³/mol. The van der Waals surface area contributed by atoms with Gasteiger partial charge in [0.25, 0.3) is 0 Å². The fraction of sp³-hybridized carbons (Fsp3) is 0.800. The van der Waals surface area contributed by atoms with E-state index < -0.39 is 0 Å². The van der Waals surface area contributed by atoms with Gasteiger partial charge in [-0.05, 0) is 68.6 Å². The molecule has 4 nitrogen and oxygen atoms in total. The van der Waals surface area contributed by atoms with E-state index >= 15 is 0 Å². The number of rotatable bonds is 6. The lowest BCUT2D eigenvalue weighted by atomic mass is 9.48. The summed E-state index contributed by atoms with van der Waals surface area (Å²) >= 11 is 0. The van der Waals surface area contributed by atoms with E-state index in [1.807, 2.05) is 19.9 Å². The number of nitrogens with one attached hydrogen (secondary N) is 2. The van der Waals surface area contributed by atoms with Crippen LogP contribution in [0, 0.1) is 29.1 Å². The molecule has 4 bridgehead atoms. The van der Waals surface area contributed by atoms with Crippen molar-refractivity contribution in [2.75, 3.05) is 13.1 Å². The Kier molecular flexibility index (Phi) is 5.03. The number of carbonyl (C=O) groups excluding carboxylic acids is 2. The lowest BCUT2D eigenvalue weighted by Crippen LogP contribution is -2.46. The molecule has 0 radical (unpaired) electrons. The van der Waals surface area contributed by atoms with E-state index in [0.29, 0.717) is 18.5 Å². The molecule has 4 aliphatic rings. The van der Waals surface area contributed by atoms with E-state index in [4.69, 9.17) is 0 Å². The van der Waals surface area contributed by atoms with Crippen molar-refractivity contribution in [2.45, 2.75) is 59.3 Å². The van der Waals surface area contributed by atoms with Gasteiger partial charge in [0.2, 0.25) is 11.8 Å². The second-order valence-electron chi connectivity index (χ2n) is 8.76. The smallest absolute Gasteiger partial charge is 0.244 e. The van der Waals surface area contributed by atoms with Crippen molar-refractivity contribution < 1.29 is 9.59 Å². The van der Waals surface area contributed by atoms with Crippen LogP contribution in [0.25, 0.3) is 0 Å². The lowest BCUT2D eigenvalue weighted by Gasteiger charge is -2.57. The van der Waals surface area contributed by atoms with Gasteiger partial charge >= 0.3 is 0 Å². The molecule has 0 unspecified atom stereocenters. The van der Waals surface area contributed by atoms with E-state index in [1.165, 1.54) is 44.1 Å². The lowest BCUT2D eigenvalue weighted by molar-refractivity contribution is -0.124. The summed E-state index contributed by atoms with van der Waals surface area (Å²) in [4.78, 5) is 23.7. The molecular formula is C20H32N2O2. The molecule has 4 rings (SSSR count). The molecule has 0 aliphatic heterocycles. The van der Waals surface area contributed by atoms with E-state index in [0.717, 1.165) is 17.8 Å². The van der Waals surface area contributed by atoms with Crippen LogP contribution in [0.2, 0.25) is 0 Å². The molecule has 0 aromatic carbocycles. The molecule has 24 heavy (non-hydrogen) atoms. The Morgan fingerprint density at radius 3 is 2.00 bits per heavy atom. The maximum absolute atomic E-state index is 12.2. The van der Waals surface area contributed by atoms with Gasteiger partial charge in [0.05, 0.1) is 0 Å².